The highest BCUT2D eigenvalue weighted by molar-refractivity contribution is 9.10. The summed E-state index contributed by atoms with van der Waals surface area (Å²) in [5.74, 6) is 0. The molecule has 136 valence electrons. The second-order valence-corrected chi connectivity index (χ2v) is 14.4. The molecule has 5 saturated carbocycles. The molecule has 4 unspecified atom stereocenters. The number of hydrogen-bond acceptors (Lipinski definition) is 0. The quantitative estimate of drug-likeness (QED) is 0.200. The number of alkyl halides is 8. The van der Waals surface area contributed by atoms with E-state index in [-0.39, 0.29) is 25.7 Å². The number of rotatable bonds is 0. The van der Waals surface area contributed by atoms with Crippen LogP contribution in [0.25, 0.3) is 0 Å². The largest absolute Gasteiger partial charge is 0.231 e. The van der Waals surface area contributed by atoms with Gasteiger partial charge in [0.2, 0.25) is 0 Å². The SMILES string of the molecule is FC1(Br)CC12CC1(CC1(F)Br)CC1(CC1(F)Br)CC1(CC1(F)Br)C2. The fourth-order valence-corrected chi connectivity index (χ4v) is 9.17. The first-order valence-corrected chi connectivity index (χ1v) is 11.3. The Kier molecular flexibility index (Phi) is 3.06. The summed E-state index contributed by atoms with van der Waals surface area (Å²) < 4.78 is 53.0. The van der Waals surface area contributed by atoms with Crippen molar-refractivity contribution in [2.75, 3.05) is 0 Å². The van der Waals surface area contributed by atoms with Crippen LogP contribution >= 0.6 is 63.7 Å². The van der Waals surface area contributed by atoms with Crippen molar-refractivity contribution < 1.29 is 17.6 Å². The third-order valence-electron chi connectivity index (χ3n) is 7.55. The van der Waals surface area contributed by atoms with E-state index >= 15 is 0 Å². The number of hydrogen-bond donors (Lipinski definition) is 0. The molecule has 5 aliphatic carbocycles. The van der Waals surface area contributed by atoms with Crippen LogP contribution in [0.3, 0.4) is 0 Å². The lowest BCUT2D eigenvalue weighted by molar-refractivity contribution is 0.0769. The van der Waals surface area contributed by atoms with Gasteiger partial charge in [-0.3, -0.25) is 0 Å². The van der Waals surface area contributed by atoms with Gasteiger partial charge in [-0.2, -0.15) is 0 Å². The van der Waals surface area contributed by atoms with Crippen LogP contribution in [0.4, 0.5) is 17.6 Å². The molecule has 0 N–H and O–H groups in total. The fraction of sp³-hybridized carbons (Fsp3) is 1.00. The van der Waals surface area contributed by atoms with E-state index in [1.807, 2.05) is 0 Å². The summed E-state index contributed by atoms with van der Waals surface area (Å²) >= 11 is 12.6. The van der Waals surface area contributed by atoms with Gasteiger partial charge in [-0.05, 0) is 89.4 Å². The van der Waals surface area contributed by atoms with Gasteiger partial charge >= 0.3 is 0 Å². The van der Waals surface area contributed by atoms with Crippen LogP contribution in [0, 0.1) is 21.7 Å². The predicted octanol–water partition coefficient (Wildman–Crippen LogP) is 7.36. The Morgan fingerprint density at radius 3 is 0.583 bits per heavy atom. The third-order valence-corrected chi connectivity index (χ3v) is 12.0. The molecule has 4 spiro atoms. The van der Waals surface area contributed by atoms with Gasteiger partial charge in [0.1, 0.15) is 0 Å². The summed E-state index contributed by atoms with van der Waals surface area (Å²) in [6, 6.07) is 0. The average Bonchev–Trinajstić information content (AvgIpc) is 3.21. The molecule has 5 rings (SSSR count). The smallest absolute Gasteiger partial charge is 0.171 e. The molecule has 0 bridgehead atoms. The molecule has 24 heavy (non-hydrogen) atoms. The zero-order valence-corrected chi connectivity index (χ0v) is 19.0. The van der Waals surface area contributed by atoms with Crippen LogP contribution in [0.15, 0.2) is 0 Å². The van der Waals surface area contributed by atoms with E-state index in [0.717, 1.165) is 0 Å². The highest BCUT2D eigenvalue weighted by atomic mass is 79.9. The molecular weight excluding hydrogens is 588 g/mol. The van der Waals surface area contributed by atoms with E-state index in [2.05, 4.69) is 63.7 Å². The Labute approximate surface area is 171 Å². The Balaban J connectivity index is 1.57. The van der Waals surface area contributed by atoms with Crippen molar-refractivity contribution in [2.45, 2.75) is 69.7 Å². The monoisotopic (exact) mass is 600 g/mol. The van der Waals surface area contributed by atoms with Gasteiger partial charge in [0, 0.05) is 47.3 Å². The minimum atomic E-state index is -1.56. The van der Waals surface area contributed by atoms with Crippen molar-refractivity contribution in [3.05, 3.63) is 0 Å². The molecule has 0 aromatic rings. The maximum atomic E-state index is 14.8. The first-order chi connectivity index (χ1) is 10.7. The summed E-state index contributed by atoms with van der Waals surface area (Å²) in [7, 11) is 0. The van der Waals surface area contributed by atoms with E-state index in [1.54, 1.807) is 0 Å². The van der Waals surface area contributed by atoms with Gasteiger partial charge in [0.15, 0.2) is 18.3 Å². The Morgan fingerprint density at radius 2 is 0.500 bits per heavy atom. The molecule has 0 aliphatic heterocycles. The van der Waals surface area contributed by atoms with Crippen LogP contribution in [0.5, 0.6) is 0 Å². The van der Waals surface area contributed by atoms with Crippen molar-refractivity contribution in [2.24, 2.45) is 21.7 Å². The topological polar surface area (TPSA) is 0 Å². The molecule has 0 aromatic carbocycles. The van der Waals surface area contributed by atoms with Crippen LogP contribution in [0.2, 0.25) is 0 Å². The van der Waals surface area contributed by atoms with Crippen LogP contribution in [0.1, 0.15) is 51.4 Å². The second kappa shape index (κ2) is 4.14. The van der Waals surface area contributed by atoms with Gasteiger partial charge in [0.05, 0.1) is 0 Å². The van der Waals surface area contributed by atoms with E-state index in [4.69, 9.17) is 0 Å². The van der Waals surface area contributed by atoms with Crippen molar-refractivity contribution in [1.29, 1.82) is 0 Å². The lowest BCUT2D eigenvalue weighted by atomic mass is 9.68. The summed E-state index contributed by atoms with van der Waals surface area (Å²) in [6.07, 6.45) is 2.43. The lowest BCUT2D eigenvalue weighted by Gasteiger charge is -2.38. The Bertz CT molecular complexity index is 536. The minimum absolute atomic E-state index is 0.276. The fourth-order valence-electron chi connectivity index (χ4n) is 5.90. The van der Waals surface area contributed by atoms with Gasteiger partial charge in [-0.25, -0.2) is 17.6 Å². The van der Waals surface area contributed by atoms with Gasteiger partial charge in [-0.1, -0.05) is 0 Å². The van der Waals surface area contributed by atoms with Crippen LogP contribution in [-0.2, 0) is 0 Å². The van der Waals surface area contributed by atoms with E-state index < -0.39 is 40.0 Å². The Morgan fingerprint density at radius 1 is 0.375 bits per heavy atom. The minimum Gasteiger partial charge on any atom is -0.231 e. The maximum Gasteiger partial charge on any atom is 0.171 e. The van der Waals surface area contributed by atoms with Crippen molar-refractivity contribution >= 4 is 63.7 Å². The molecule has 4 atom stereocenters. The lowest BCUT2D eigenvalue weighted by Crippen LogP contribution is -2.34. The van der Waals surface area contributed by atoms with Crippen LogP contribution < -0.4 is 0 Å². The molecule has 0 nitrogen and oxygen atoms in total. The third kappa shape index (κ3) is 2.01. The van der Waals surface area contributed by atoms with Crippen molar-refractivity contribution in [1.82, 2.24) is 0 Å². The first kappa shape index (κ1) is 17.7. The van der Waals surface area contributed by atoms with Gasteiger partial charge < -0.3 is 0 Å². The zero-order valence-electron chi connectivity index (χ0n) is 12.7. The summed E-state index contributed by atoms with van der Waals surface area (Å²) in [6.45, 7) is 0. The molecule has 0 heterocycles. The van der Waals surface area contributed by atoms with Gasteiger partial charge in [0.25, 0.3) is 0 Å². The van der Waals surface area contributed by atoms with Crippen molar-refractivity contribution in [3.63, 3.8) is 0 Å². The van der Waals surface area contributed by atoms with E-state index in [9.17, 15) is 17.6 Å². The molecule has 0 aromatic heterocycles. The molecular formula is C16H16Br4F4. The maximum absolute atomic E-state index is 14.8. The molecule has 8 heteroatoms. The highest BCUT2D eigenvalue weighted by Gasteiger charge is 2.87. The molecule has 5 fully saturated rings. The molecule has 5 aliphatic rings. The normalized spacial score (nSPS) is 73.0. The molecule has 0 saturated heterocycles. The zero-order chi connectivity index (χ0) is 17.7. The molecule has 0 amide bonds. The van der Waals surface area contributed by atoms with E-state index in [1.165, 1.54) is 0 Å². The van der Waals surface area contributed by atoms with E-state index in [0.29, 0.717) is 25.7 Å². The van der Waals surface area contributed by atoms with Gasteiger partial charge in [-0.15, -0.1) is 0 Å². The standard InChI is InChI=1S/C16H16Br4F4/c17-13(21)5-9(13)1-10(6-14(10,18)22)3-12(8-16(12,20)24)4-11(2-9)7-15(11,19)23/h1-8H2. The second-order valence-electron chi connectivity index (χ2n) is 9.35. The predicted molar refractivity (Wildman–Crippen MR) is 97.7 cm³/mol. The highest BCUT2D eigenvalue weighted by Crippen LogP contribution is 2.89. The first-order valence-electron chi connectivity index (χ1n) is 8.17. The summed E-state index contributed by atoms with van der Waals surface area (Å²) in [5, 5.41) is 0. The molecule has 0 radical (unpaired) electrons. The average molecular weight is 604 g/mol. The Hall–Kier alpha value is 1.64. The van der Waals surface area contributed by atoms with Crippen molar-refractivity contribution in [3.8, 4) is 0 Å². The summed E-state index contributed by atoms with van der Waals surface area (Å²) in [4.78, 5) is 0. The summed E-state index contributed by atoms with van der Waals surface area (Å²) in [5.41, 5.74) is -3.01. The number of halogens is 8. The van der Waals surface area contributed by atoms with Crippen LogP contribution in [-0.4, -0.2) is 18.3 Å².